The number of benzene rings is 1. The Morgan fingerprint density at radius 1 is 1.38 bits per heavy atom. The normalized spacial score (nSPS) is 18.1. The smallest absolute Gasteiger partial charge is 0.231 e. The molecule has 0 atom stereocenters. The zero-order valence-electron chi connectivity index (χ0n) is 9.65. The molecule has 2 rings (SSSR count). The van der Waals surface area contributed by atoms with Gasteiger partial charge in [0.1, 0.15) is 0 Å². The molecule has 1 amide bonds. The predicted molar refractivity (Wildman–Crippen MR) is 67.1 cm³/mol. The number of halogens is 1. The van der Waals surface area contributed by atoms with Crippen molar-refractivity contribution in [2.24, 2.45) is 5.41 Å². The standard InChI is InChI=1S/C12H15ClN2O/c1-7-8(13)4-5-9-10(7)15-11(16)12(2,3)6-14-9/h4-5,14H,6H2,1-3H3,(H,15,16). The van der Waals surface area contributed by atoms with Crippen LogP contribution in [0.2, 0.25) is 5.02 Å². The van der Waals surface area contributed by atoms with Gasteiger partial charge in [-0.3, -0.25) is 4.79 Å². The van der Waals surface area contributed by atoms with Crippen LogP contribution in [0.25, 0.3) is 0 Å². The lowest BCUT2D eigenvalue weighted by atomic mass is 9.93. The van der Waals surface area contributed by atoms with Crippen LogP contribution in [0, 0.1) is 12.3 Å². The van der Waals surface area contributed by atoms with Crippen LogP contribution < -0.4 is 10.6 Å². The zero-order valence-corrected chi connectivity index (χ0v) is 10.4. The molecule has 0 unspecified atom stereocenters. The van der Waals surface area contributed by atoms with E-state index < -0.39 is 5.41 Å². The average Bonchev–Trinajstić information content (AvgIpc) is 2.33. The highest BCUT2D eigenvalue weighted by molar-refractivity contribution is 6.32. The number of nitrogens with one attached hydrogen (secondary N) is 2. The molecule has 0 aliphatic carbocycles. The fourth-order valence-electron chi connectivity index (χ4n) is 1.67. The third-order valence-electron chi connectivity index (χ3n) is 2.97. The Kier molecular flexibility index (Phi) is 2.58. The summed E-state index contributed by atoms with van der Waals surface area (Å²) in [6.07, 6.45) is 0. The Labute approximate surface area is 100 Å². The van der Waals surface area contributed by atoms with Gasteiger partial charge in [-0.2, -0.15) is 0 Å². The number of amides is 1. The summed E-state index contributed by atoms with van der Waals surface area (Å²) in [7, 11) is 0. The van der Waals surface area contributed by atoms with Gasteiger partial charge in [0, 0.05) is 11.6 Å². The molecule has 2 N–H and O–H groups in total. The molecule has 1 aromatic rings. The molecular weight excluding hydrogens is 224 g/mol. The van der Waals surface area contributed by atoms with Crippen molar-refractivity contribution >= 4 is 28.9 Å². The summed E-state index contributed by atoms with van der Waals surface area (Å²) in [5.74, 6) is 0.0177. The molecule has 4 heteroatoms. The van der Waals surface area contributed by atoms with Crippen LogP contribution in [0.5, 0.6) is 0 Å². The van der Waals surface area contributed by atoms with Gasteiger partial charge in [-0.1, -0.05) is 11.6 Å². The van der Waals surface area contributed by atoms with E-state index in [0.29, 0.717) is 11.6 Å². The van der Waals surface area contributed by atoms with Crippen molar-refractivity contribution in [1.29, 1.82) is 0 Å². The number of carbonyl (C=O) groups is 1. The number of carbonyl (C=O) groups excluding carboxylic acids is 1. The second-order valence-corrected chi connectivity index (χ2v) is 5.19. The first-order chi connectivity index (χ1) is 7.42. The highest BCUT2D eigenvalue weighted by Gasteiger charge is 2.31. The Balaban J connectivity index is 2.50. The van der Waals surface area contributed by atoms with Gasteiger partial charge >= 0.3 is 0 Å². The molecule has 0 saturated heterocycles. The molecule has 1 aliphatic rings. The molecular formula is C12H15ClN2O. The van der Waals surface area contributed by atoms with Gasteiger partial charge in [0.2, 0.25) is 5.91 Å². The summed E-state index contributed by atoms with van der Waals surface area (Å²) in [6, 6.07) is 3.74. The second-order valence-electron chi connectivity index (χ2n) is 4.79. The second kappa shape index (κ2) is 3.67. The van der Waals surface area contributed by atoms with Crippen molar-refractivity contribution in [3.05, 3.63) is 22.7 Å². The van der Waals surface area contributed by atoms with Gasteiger partial charge in [-0.15, -0.1) is 0 Å². The van der Waals surface area contributed by atoms with E-state index >= 15 is 0 Å². The lowest BCUT2D eigenvalue weighted by molar-refractivity contribution is -0.123. The first-order valence-electron chi connectivity index (χ1n) is 5.26. The SMILES string of the molecule is Cc1c(Cl)ccc2c1NC(=O)C(C)(C)CN2. The highest BCUT2D eigenvalue weighted by Crippen LogP contribution is 2.35. The maximum Gasteiger partial charge on any atom is 0.231 e. The molecule has 0 bridgehead atoms. The van der Waals surface area contributed by atoms with Crippen molar-refractivity contribution in [2.75, 3.05) is 17.2 Å². The van der Waals surface area contributed by atoms with Crippen molar-refractivity contribution in [3.63, 3.8) is 0 Å². The van der Waals surface area contributed by atoms with Gasteiger partial charge < -0.3 is 10.6 Å². The summed E-state index contributed by atoms with van der Waals surface area (Å²) in [5, 5.41) is 6.87. The van der Waals surface area contributed by atoms with E-state index in [-0.39, 0.29) is 5.91 Å². The van der Waals surface area contributed by atoms with Crippen LogP contribution >= 0.6 is 11.6 Å². The summed E-state index contributed by atoms with van der Waals surface area (Å²) in [4.78, 5) is 12.0. The summed E-state index contributed by atoms with van der Waals surface area (Å²) in [6.45, 7) is 6.35. The van der Waals surface area contributed by atoms with Crippen LogP contribution in [0.3, 0.4) is 0 Å². The van der Waals surface area contributed by atoms with Gasteiger partial charge in [0.15, 0.2) is 0 Å². The van der Waals surface area contributed by atoms with Crippen molar-refractivity contribution in [3.8, 4) is 0 Å². The summed E-state index contributed by atoms with van der Waals surface area (Å²) in [5.41, 5.74) is 2.21. The van der Waals surface area contributed by atoms with E-state index in [0.717, 1.165) is 16.9 Å². The van der Waals surface area contributed by atoms with Crippen LogP contribution in [-0.2, 0) is 4.79 Å². The fraction of sp³-hybridized carbons (Fsp3) is 0.417. The molecule has 3 nitrogen and oxygen atoms in total. The van der Waals surface area contributed by atoms with Crippen LogP contribution in [0.4, 0.5) is 11.4 Å². The Morgan fingerprint density at radius 2 is 2.06 bits per heavy atom. The summed E-state index contributed by atoms with van der Waals surface area (Å²) < 4.78 is 0. The first-order valence-corrected chi connectivity index (χ1v) is 5.64. The molecule has 1 aromatic carbocycles. The Morgan fingerprint density at radius 3 is 2.75 bits per heavy atom. The topological polar surface area (TPSA) is 41.1 Å². The molecule has 0 saturated carbocycles. The van der Waals surface area contributed by atoms with Crippen LogP contribution in [0.15, 0.2) is 12.1 Å². The van der Waals surface area contributed by atoms with Crippen molar-refractivity contribution in [1.82, 2.24) is 0 Å². The molecule has 16 heavy (non-hydrogen) atoms. The van der Waals surface area contributed by atoms with Gasteiger partial charge in [0.05, 0.1) is 16.8 Å². The number of hydrogen-bond acceptors (Lipinski definition) is 2. The van der Waals surface area contributed by atoms with E-state index in [2.05, 4.69) is 10.6 Å². The number of fused-ring (bicyclic) bond motifs is 1. The largest absolute Gasteiger partial charge is 0.382 e. The maximum absolute atomic E-state index is 12.0. The number of rotatable bonds is 0. The minimum Gasteiger partial charge on any atom is -0.382 e. The monoisotopic (exact) mass is 238 g/mol. The number of hydrogen-bond donors (Lipinski definition) is 2. The third kappa shape index (κ3) is 1.76. The summed E-state index contributed by atoms with van der Waals surface area (Å²) >= 11 is 6.04. The molecule has 86 valence electrons. The van der Waals surface area contributed by atoms with Gasteiger partial charge in [-0.05, 0) is 38.5 Å². The lowest BCUT2D eigenvalue weighted by Crippen LogP contribution is -2.34. The Hall–Kier alpha value is -1.22. The Bertz CT molecular complexity index is 455. The van der Waals surface area contributed by atoms with E-state index in [9.17, 15) is 4.79 Å². The van der Waals surface area contributed by atoms with E-state index in [1.807, 2.05) is 32.9 Å². The van der Waals surface area contributed by atoms with Crippen molar-refractivity contribution < 1.29 is 4.79 Å². The minimum absolute atomic E-state index is 0.0177. The van der Waals surface area contributed by atoms with Crippen LogP contribution in [-0.4, -0.2) is 12.5 Å². The quantitative estimate of drug-likeness (QED) is 0.730. The van der Waals surface area contributed by atoms with E-state index in [1.54, 1.807) is 0 Å². The molecule has 0 fully saturated rings. The molecule has 1 heterocycles. The molecule has 0 radical (unpaired) electrons. The van der Waals surface area contributed by atoms with E-state index in [4.69, 9.17) is 11.6 Å². The van der Waals surface area contributed by atoms with Crippen LogP contribution in [0.1, 0.15) is 19.4 Å². The van der Waals surface area contributed by atoms with Gasteiger partial charge in [-0.25, -0.2) is 0 Å². The maximum atomic E-state index is 12.0. The first kappa shape index (κ1) is 11.3. The van der Waals surface area contributed by atoms with E-state index in [1.165, 1.54) is 0 Å². The van der Waals surface area contributed by atoms with Crippen molar-refractivity contribution in [2.45, 2.75) is 20.8 Å². The minimum atomic E-state index is -0.419. The number of anilines is 2. The highest BCUT2D eigenvalue weighted by atomic mass is 35.5. The average molecular weight is 239 g/mol. The molecule has 0 spiro atoms. The fourth-order valence-corrected chi connectivity index (χ4v) is 1.83. The van der Waals surface area contributed by atoms with Gasteiger partial charge in [0.25, 0.3) is 0 Å². The lowest BCUT2D eigenvalue weighted by Gasteiger charge is -2.19. The zero-order chi connectivity index (χ0) is 11.9. The molecule has 0 aromatic heterocycles. The third-order valence-corrected chi connectivity index (χ3v) is 3.38. The predicted octanol–water partition coefficient (Wildman–Crippen LogP) is 3.04. The molecule has 1 aliphatic heterocycles.